The molecule has 86 valence electrons. The lowest BCUT2D eigenvalue weighted by Gasteiger charge is -2.36. The Labute approximate surface area is 102 Å². The molecule has 1 unspecified atom stereocenters. The highest BCUT2D eigenvalue weighted by Gasteiger charge is 2.60. The zero-order valence-electron chi connectivity index (χ0n) is 9.45. The number of hydrogen-bond acceptors (Lipinski definition) is 1. The lowest BCUT2D eigenvalue weighted by atomic mass is 9.69. The molecule has 2 aliphatic rings. The van der Waals surface area contributed by atoms with Gasteiger partial charge >= 0.3 is 0 Å². The van der Waals surface area contributed by atoms with E-state index in [9.17, 15) is 0 Å². The molecule has 2 atom stereocenters. The molecule has 0 aromatic heterocycles. The van der Waals surface area contributed by atoms with Gasteiger partial charge in [-0.1, -0.05) is 36.2 Å². The van der Waals surface area contributed by atoms with Crippen LogP contribution in [0.3, 0.4) is 0 Å². The van der Waals surface area contributed by atoms with Crippen LogP contribution in [-0.4, -0.2) is 6.54 Å². The van der Waals surface area contributed by atoms with Gasteiger partial charge in [0.15, 0.2) is 0 Å². The molecule has 2 aliphatic carbocycles. The predicted molar refractivity (Wildman–Crippen MR) is 67.6 cm³/mol. The van der Waals surface area contributed by atoms with Gasteiger partial charge in [0.2, 0.25) is 0 Å². The van der Waals surface area contributed by atoms with Gasteiger partial charge in [0, 0.05) is 10.4 Å². The standard InChI is InChI=1S/C14H18ClN/c15-13-7-2-1-6-12(13)14(8-11(14)9-16)10-4-3-5-10/h1-2,6-7,10-11H,3-5,8-9,16H2/t11-,14?/m0/s1. The Hall–Kier alpha value is -0.530. The van der Waals surface area contributed by atoms with Crippen LogP contribution in [0.1, 0.15) is 31.2 Å². The van der Waals surface area contributed by atoms with E-state index in [1.807, 2.05) is 12.1 Å². The number of hydrogen-bond donors (Lipinski definition) is 1. The zero-order chi connectivity index (χ0) is 11.2. The molecule has 0 radical (unpaired) electrons. The van der Waals surface area contributed by atoms with Crippen molar-refractivity contribution in [3.8, 4) is 0 Å². The van der Waals surface area contributed by atoms with E-state index >= 15 is 0 Å². The molecular formula is C14H18ClN. The van der Waals surface area contributed by atoms with E-state index in [-0.39, 0.29) is 0 Å². The molecule has 1 aromatic rings. The van der Waals surface area contributed by atoms with Gasteiger partial charge < -0.3 is 5.73 Å². The first-order chi connectivity index (χ1) is 7.79. The third kappa shape index (κ3) is 1.34. The van der Waals surface area contributed by atoms with Gasteiger partial charge in [-0.05, 0) is 49.3 Å². The third-order valence-corrected chi connectivity index (χ3v) is 4.98. The van der Waals surface area contributed by atoms with E-state index < -0.39 is 0 Å². The Morgan fingerprint density at radius 3 is 2.56 bits per heavy atom. The lowest BCUT2D eigenvalue weighted by Crippen LogP contribution is -2.30. The van der Waals surface area contributed by atoms with E-state index in [4.69, 9.17) is 17.3 Å². The summed E-state index contributed by atoms with van der Waals surface area (Å²) in [6, 6.07) is 8.34. The summed E-state index contributed by atoms with van der Waals surface area (Å²) in [7, 11) is 0. The SMILES string of the molecule is NC[C@@H]1CC1(c1ccccc1Cl)C1CCC1. The second-order valence-corrected chi connectivity index (χ2v) is 5.69. The first kappa shape index (κ1) is 10.6. The number of rotatable bonds is 3. The molecule has 2 heteroatoms. The second-order valence-electron chi connectivity index (χ2n) is 5.28. The van der Waals surface area contributed by atoms with E-state index in [1.165, 1.54) is 31.2 Å². The average Bonchev–Trinajstić information content (AvgIpc) is 2.91. The Bertz CT molecular complexity index is 399. The van der Waals surface area contributed by atoms with Crippen LogP contribution in [0.2, 0.25) is 5.02 Å². The Balaban J connectivity index is 1.98. The minimum Gasteiger partial charge on any atom is -0.330 e. The fraction of sp³-hybridized carbons (Fsp3) is 0.571. The summed E-state index contributed by atoms with van der Waals surface area (Å²) in [5.41, 5.74) is 7.57. The van der Waals surface area contributed by atoms with Crippen molar-refractivity contribution in [3.63, 3.8) is 0 Å². The van der Waals surface area contributed by atoms with Gasteiger partial charge in [-0.15, -0.1) is 0 Å². The smallest absolute Gasteiger partial charge is 0.0443 e. The highest BCUT2D eigenvalue weighted by molar-refractivity contribution is 6.31. The lowest BCUT2D eigenvalue weighted by molar-refractivity contribution is 0.231. The third-order valence-electron chi connectivity index (χ3n) is 4.65. The van der Waals surface area contributed by atoms with Crippen molar-refractivity contribution in [1.29, 1.82) is 0 Å². The Morgan fingerprint density at radius 1 is 1.31 bits per heavy atom. The topological polar surface area (TPSA) is 26.0 Å². The molecule has 3 rings (SSSR count). The molecular weight excluding hydrogens is 218 g/mol. The molecule has 2 fully saturated rings. The molecule has 16 heavy (non-hydrogen) atoms. The molecule has 2 saturated carbocycles. The van der Waals surface area contributed by atoms with E-state index in [2.05, 4.69) is 12.1 Å². The second kappa shape index (κ2) is 3.75. The summed E-state index contributed by atoms with van der Waals surface area (Å²) in [6.45, 7) is 0.807. The van der Waals surface area contributed by atoms with Crippen molar-refractivity contribution in [3.05, 3.63) is 34.9 Å². The number of halogens is 1. The highest BCUT2D eigenvalue weighted by atomic mass is 35.5. The first-order valence-corrected chi connectivity index (χ1v) is 6.62. The highest BCUT2D eigenvalue weighted by Crippen LogP contribution is 2.64. The Kier molecular flexibility index (Phi) is 2.49. The van der Waals surface area contributed by atoms with Crippen LogP contribution in [0.15, 0.2) is 24.3 Å². The molecule has 2 N–H and O–H groups in total. The first-order valence-electron chi connectivity index (χ1n) is 6.24. The summed E-state index contributed by atoms with van der Waals surface area (Å²) < 4.78 is 0. The zero-order valence-corrected chi connectivity index (χ0v) is 10.2. The van der Waals surface area contributed by atoms with Crippen LogP contribution in [-0.2, 0) is 5.41 Å². The fourth-order valence-corrected chi connectivity index (χ4v) is 3.77. The van der Waals surface area contributed by atoms with Gasteiger partial charge in [-0.25, -0.2) is 0 Å². The Morgan fingerprint density at radius 2 is 2.06 bits per heavy atom. The quantitative estimate of drug-likeness (QED) is 0.854. The van der Waals surface area contributed by atoms with Crippen molar-refractivity contribution in [1.82, 2.24) is 0 Å². The van der Waals surface area contributed by atoms with E-state index in [0.717, 1.165) is 17.5 Å². The van der Waals surface area contributed by atoms with Crippen molar-refractivity contribution < 1.29 is 0 Å². The van der Waals surface area contributed by atoms with Crippen LogP contribution < -0.4 is 5.73 Å². The molecule has 0 heterocycles. The number of benzene rings is 1. The molecule has 0 bridgehead atoms. The maximum atomic E-state index is 6.36. The summed E-state index contributed by atoms with van der Waals surface area (Å²) in [5, 5.41) is 0.936. The van der Waals surface area contributed by atoms with E-state index in [1.54, 1.807) is 0 Å². The molecule has 1 aromatic carbocycles. The molecule has 1 nitrogen and oxygen atoms in total. The summed E-state index contributed by atoms with van der Waals surface area (Å²) >= 11 is 6.36. The van der Waals surface area contributed by atoms with Crippen LogP contribution in [0.5, 0.6) is 0 Å². The van der Waals surface area contributed by atoms with Gasteiger partial charge in [-0.3, -0.25) is 0 Å². The maximum Gasteiger partial charge on any atom is 0.0443 e. The molecule has 0 aliphatic heterocycles. The van der Waals surface area contributed by atoms with Crippen LogP contribution >= 0.6 is 11.6 Å². The largest absolute Gasteiger partial charge is 0.330 e. The van der Waals surface area contributed by atoms with Crippen molar-refractivity contribution in [2.24, 2.45) is 17.6 Å². The van der Waals surface area contributed by atoms with Gasteiger partial charge in [0.25, 0.3) is 0 Å². The monoisotopic (exact) mass is 235 g/mol. The fourth-order valence-electron chi connectivity index (χ4n) is 3.45. The predicted octanol–water partition coefficient (Wildman–Crippen LogP) is 3.36. The van der Waals surface area contributed by atoms with Crippen molar-refractivity contribution in [2.75, 3.05) is 6.54 Å². The number of nitrogens with two attached hydrogens (primary N) is 1. The molecule has 0 spiro atoms. The molecule has 0 saturated heterocycles. The minimum atomic E-state index is 0.339. The van der Waals surface area contributed by atoms with Gasteiger partial charge in [0.1, 0.15) is 0 Å². The van der Waals surface area contributed by atoms with Crippen molar-refractivity contribution in [2.45, 2.75) is 31.1 Å². The summed E-state index contributed by atoms with van der Waals surface area (Å²) in [4.78, 5) is 0. The van der Waals surface area contributed by atoms with E-state index in [0.29, 0.717) is 11.3 Å². The maximum absolute atomic E-state index is 6.36. The van der Waals surface area contributed by atoms with Crippen LogP contribution in [0.25, 0.3) is 0 Å². The minimum absolute atomic E-state index is 0.339. The molecule has 0 amide bonds. The van der Waals surface area contributed by atoms with Crippen molar-refractivity contribution >= 4 is 11.6 Å². The normalized spacial score (nSPS) is 33.5. The van der Waals surface area contributed by atoms with Gasteiger partial charge in [0.05, 0.1) is 0 Å². The van der Waals surface area contributed by atoms with Crippen LogP contribution in [0, 0.1) is 11.8 Å². The average molecular weight is 236 g/mol. The van der Waals surface area contributed by atoms with Crippen LogP contribution in [0.4, 0.5) is 0 Å². The summed E-state index contributed by atoms with van der Waals surface area (Å²) in [5.74, 6) is 1.50. The van der Waals surface area contributed by atoms with Gasteiger partial charge in [-0.2, -0.15) is 0 Å². The summed E-state index contributed by atoms with van der Waals surface area (Å²) in [6.07, 6.45) is 5.36.